The number of hydrogen-bond acceptors (Lipinski definition) is 4. The summed E-state index contributed by atoms with van der Waals surface area (Å²) in [6, 6.07) is 11.4. The van der Waals surface area contributed by atoms with Gasteiger partial charge in [-0.25, -0.2) is 4.39 Å². The van der Waals surface area contributed by atoms with E-state index in [-0.39, 0.29) is 17.6 Å². The average molecular weight is 400 g/mol. The van der Waals surface area contributed by atoms with Crippen LogP contribution >= 0.6 is 11.8 Å². The predicted molar refractivity (Wildman–Crippen MR) is 110 cm³/mol. The van der Waals surface area contributed by atoms with Crippen LogP contribution in [0.15, 0.2) is 48.5 Å². The molecule has 28 heavy (non-hydrogen) atoms. The zero-order valence-corrected chi connectivity index (χ0v) is 16.5. The molecular formula is C21H21FN2O3S. The van der Waals surface area contributed by atoms with E-state index in [1.807, 2.05) is 31.2 Å². The highest BCUT2D eigenvalue weighted by Crippen LogP contribution is 2.23. The maximum absolute atomic E-state index is 13.8. The lowest BCUT2D eigenvalue weighted by molar-refractivity contribution is -0.132. The smallest absolute Gasteiger partial charge is 0.248 e. The molecule has 1 aliphatic rings. The number of anilines is 1. The van der Waals surface area contributed by atoms with Crippen molar-refractivity contribution in [2.75, 3.05) is 24.1 Å². The van der Waals surface area contributed by atoms with Crippen LogP contribution < -0.4 is 10.1 Å². The Morgan fingerprint density at radius 3 is 2.68 bits per heavy atom. The molecule has 0 spiro atoms. The van der Waals surface area contributed by atoms with E-state index < -0.39 is 11.9 Å². The number of nitrogens with one attached hydrogen (secondary N) is 1. The Labute approximate surface area is 167 Å². The van der Waals surface area contributed by atoms with Gasteiger partial charge < -0.3 is 15.0 Å². The Hall–Kier alpha value is -2.80. The topological polar surface area (TPSA) is 58.6 Å². The van der Waals surface area contributed by atoms with Crippen LogP contribution in [0, 0.1) is 12.7 Å². The first-order valence-corrected chi connectivity index (χ1v) is 9.91. The molecule has 5 nitrogen and oxygen atoms in total. The number of halogens is 1. The SMILES string of the molecule is COc1ccc(/C=C/C(=O)N2CSCC2C(=O)Nc2ccc(C)cc2)cc1F. The first kappa shape index (κ1) is 19.9. The fourth-order valence-electron chi connectivity index (χ4n) is 2.79. The molecule has 1 saturated heterocycles. The molecule has 1 atom stereocenters. The van der Waals surface area contributed by atoms with E-state index in [0.717, 1.165) is 5.56 Å². The molecule has 2 aromatic rings. The van der Waals surface area contributed by atoms with Crippen molar-refractivity contribution >= 4 is 35.3 Å². The van der Waals surface area contributed by atoms with Crippen molar-refractivity contribution in [2.24, 2.45) is 0 Å². The molecule has 1 N–H and O–H groups in total. The van der Waals surface area contributed by atoms with Crippen LogP contribution in [0.5, 0.6) is 5.75 Å². The molecule has 0 aromatic heterocycles. The second-order valence-electron chi connectivity index (χ2n) is 6.41. The van der Waals surface area contributed by atoms with Crippen molar-refractivity contribution in [1.82, 2.24) is 4.90 Å². The molecule has 0 saturated carbocycles. The number of nitrogens with zero attached hydrogens (tertiary/aromatic N) is 1. The van der Waals surface area contributed by atoms with E-state index in [2.05, 4.69) is 5.32 Å². The number of hydrogen-bond donors (Lipinski definition) is 1. The summed E-state index contributed by atoms with van der Waals surface area (Å²) in [6.07, 6.45) is 2.89. The number of aryl methyl sites for hydroxylation is 1. The third-order valence-corrected chi connectivity index (χ3v) is 5.39. The van der Waals surface area contributed by atoms with Crippen molar-refractivity contribution in [2.45, 2.75) is 13.0 Å². The summed E-state index contributed by atoms with van der Waals surface area (Å²) in [4.78, 5) is 26.7. The van der Waals surface area contributed by atoms with E-state index in [9.17, 15) is 14.0 Å². The Balaban J connectivity index is 1.66. The summed E-state index contributed by atoms with van der Waals surface area (Å²) in [5.74, 6) is 0.119. The van der Waals surface area contributed by atoms with Gasteiger partial charge in [0.25, 0.3) is 0 Å². The van der Waals surface area contributed by atoms with Gasteiger partial charge in [0.2, 0.25) is 11.8 Å². The summed E-state index contributed by atoms with van der Waals surface area (Å²) in [7, 11) is 1.39. The highest BCUT2D eigenvalue weighted by atomic mass is 32.2. The molecule has 1 fully saturated rings. The zero-order valence-electron chi connectivity index (χ0n) is 15.6. The van der Waals surface area contributed by atoms with Gasteiger partial charge in [-0.05, 0) is 42.8 Å². The van der Waals surface area contributed by atoms with Crippen molar-refractivity contribution in [3.63, 3.8) is 0 Å². The minimum atomic E-state index is -0.545. The van der Waals surface area contributed by atoms with E-state index >= 15 is 0 Å². The van der Waals surface area contributed by atoms with E-state index in [1.54, 1.807) is 6.07 Å². The van der Waals surface area contributed by atoms with Crippen LogP contribution in [0.4, 0.5) is 10.1 Å². The lowest BCUT2D eigenvalue weighted by Crippen LogP contribution is -2.43. The Bertz CT molecular complexity index is 899. The largest absolute Gasteiger partial charge is 0.494 e. The van der Waals surface area contributed by atoms with E-state index in [4.69, 9.17) is 4.74 Å². The highest BCUT2D eigenvalue weighted by Gasteiger charge is 2.33. The van der Waals surface area contributed by atoms with Crippen LogP contribution in [0.2, 0.25) is 0 Å². The summed E-state index contributed by atoms with van der Waals surface area (Å²) in [6.45, 7) is 1.97. The highest BCUT2D eigenvalue weighted by molar-refractivity contribution is 7.99. The fraction of sp³-hybridized carbons (Fsp3) is 0.238. The third kappa shape index (κ3) is 4.72. The Morgan fingerprint density at radius 1 is 1.25 bits per heavy atom. The number of rotatable bonds is 5. The number of amides is 2. The van der Waals surface area contributed by atoms with Crippen molar-refractivity contribution in [3.05, 3.63) is 65.5 Å². The molecule has 146 valence electrons. The molecule has 2 amide bonds. The first-order chi connectivity index (χ1) is 13.5. The van der Waals surface area contributed by atoms with Gasteiger partial charge in [-0.15, -0.1) is 11.8 Å². The predicted octanol–water partition coefficient (Wildman–Crippen LogP) is 3.70. The normalized spacial score (nSPS) is 16.4. The number of benzene rings is 2. The molecule has 3 rings (SSSR count). The Kier molecular flexibility index (Phi) is 6.36. The lowest BCUT2D eigenvalue weighted by Gasteiger charge is -2.21. The van der Waals surface area contributed by atoms with Crippen molar-refractivity contribution in [1.29, 1.82) is 0 Å². The Morgan fingerprint density at radius 2 is 2.00 bits per heavy atom. The molecule has 2 aromatic carbocycles. The second-order valence-corrected chi connectivity index (χ2v) is 7.41. The molecule has 0 aliphatic carbocycles. The van der Waals surface area contributed by atoms with Gasteiger partial charge in [0.05, 0.1) is 13.0 Å². The summed E-state index contributed by atoms with van der Waals surface area (Å²) >= 11 is 1.52. The molecule has 7 heteroatoms. The van der Waals surface area contributed by atoms with Crippen LogP contribution in [0.3, 0.4) is 0 Å². The van der Waals surface area contributed by atoms with Crippen LogP contribution in [0.25, 0.3) is 6.08 Å². The van der Waals surface area contributed by atoms with Crippen LogP contribution in [-0.4, -0.2) is 41.5 Å². The molecule has 1 unspecified atom stereocenters. The third-order valence-electron chi connectivity index (χ3n) is 4.38. The maximum Gasteiger partial charge on any atom is 0.248 e. The minimum Gasteiger partial charge on any atom is -0.494 e. The molecule has 1 heterocycles. The second kappa shape index (κ2) is 8.93. The summed E-state index contributed by atoms with van der Waals surface area (Å²) < 4.78 is 18.6. The average Bonchev–Trinajstić information content (AvgIpc) is 3.18. The monoisotopic (exact) mass is 400 g/mol. The summed E-state index contributed by atoms with van der Waals surface area (Å²) in [5.41, 5.74) is 2.34. The number of carbonyl (C=O) groups excluding carboxylic acids is 2. The zero-order chi connectivity index (χ0) is 20.1. The van der Waals surface area contributed by atoms with Crippen molar-refractivity contribution in [3.8, 4) is 5.75 Å². The van der Waals surface area contributed by atoms with Gasteiger partial charge in [0.1, 0.15) is 6.04 Å². The number of thioether (sulfide) groups is 1. The van der Waals surface area contributed by atoms with Gasteiger partial charge in [-0.3, -0.25) is 9.59 Å². The maximum atomic E-state index is 13.8. The van der Waals surface area contributed by atoms with Crippen LogP contribution in [-0.2, 0) is 9.59 Å². The fourth-order valence-corrected chi connectivity index (χ4v) is 3.95. The van der Waals surface area contributed by atoms with Gasteiger partial charge in [0, 0.05) is 17.5 Å². The quantitative estimate of drug-likeness (QED) is 0.778. The number of carbonyl (C=O) groups is 2. The minimum absolute atomic E-state index is 0.146. The van der Waals surface area contributed by atoms with Gasteiger partial charge in [-0.2, -0.15) is 0 Å². The number of methoxy groups -OCH3 is 1. The van der Waals surface area contributed by atoms with Crippen LogP contribution in [0.1, 0.15) is 11.1 Å². The molecule has 0 bridgehead atoms. The standard InChI is InChI=1S/C21H21FN2O3S/c1-14-3-7-16(8-4-14)23-21(26)18-12-28-13-24(18)20(25)10-6-15-5-9-19(27-2)17(22)11-15/h3-11,18H,12-13H2,1-2H3,(H,23,26)/b10-6+. The lowest BCUT2D eigenvalue weighted by atomic mass is 10.2. The first-order valence-electron chi connectivity index (χ1n) is 8.75. The van der Waals surface area contributed by atoms with Crippen molar-refractivity contribution < 1.29 is 18.7 Å². The van der Waals surface area contributed by atoms with Gasteiger partial charge >= 0.3 is 0 Å². The van der Waals surface area contributed by atoms with E-state index in [1.165, 1.54) is 48.1 Å². The summed E-state index contributed by atoms with van der Waals surface area (Å²) in [5, 5.41) is 2.86. The van der Waals surface area contributed by atoms with E-state index in [0.29, 0.717) is 22.9 Å². The number of ether oxygens (including phenoxy) is 1. The van der Waals surface area contributed by atoms with Gasteiger partial charge in [-0.1, -0.05) is 23.8 Å². The molecular weight excluding hydrogens is 379 g/mol. The van der Waals surface area contributed by atoms with Gasteiger partial charge in [0.15, 0.2) is 11.6 Å². The molecule has 0 radical (unpaired) electrons. The molecule has 1 aliphatic heterocycles.